The van der Waals surface area contributed by atoms with E-state index in [0.29, 0.717) is 29.9 Å². The van der Waals surface area contributed by atoms with Gasteiger partial charge in [-0.25, -0.2) is 17.8 Å². The molecule has 0 bridgehead atoms. The summed E-state index contributed by atoms with van der Waals surface area (Å²) in [6, 6.07) is 13.7. The zero-order valence-corrected chi connectivity index (χ0v) is 24.2. The van der Waals surface area contributed by atoms with Crippen LogP contribution in [0, 0.1) is 0 Å². The molecular formula is C30H33F4N3O5S. The van der Waals surface area contributed by atoms with Crippen LogP contribution in [0.25, 0.3) is 0 Å². The first-order chi connectivity index (χ1) is 20.4. The number of aliphatic hydroxyl groups is 1. The first-order valence-electron chi connectivity index (χ1n) is 13.7. The van der Waals surface area contributed by atoms with Gasteiger partial charge in [-0.15, -0.1) is 0 Å². The fourth-order valence-corrected chi connectivity index (χ4v) is 6.22. The smallest absolute Gasteiger partial charge is 0.395 e. The van der Waals surface area contributed by atoms with Gasteiger partial charge in [0.25, 0.3) is 5.91 Å². The number of carbonyl (C=O) groups excluding carboxylic acids is 1. The van der Waals surface area contributed by atoms with E-state index in [1.807, 2.05) is 4.90 Å². The Morgan fingerprint density at radius 3 is 2.35 bits per heavy atom. The summed E-state index contributed by atoms with van der Waals surface area (Å²) < 4.78 is 82.1. The minimum absolute atomic E-state index is 0.0665. The molecule has 232 valence electrons. The van der Waals surface area contributed by atoms with E-state index >= 15 is 0 Å². The van der Waals surface area contributed by atoms with Crippen LogP contribution < -0.4 is 10.6 Å². The summed E-state index contributed by atoms with van der Waals surface area (Å²) in [5.74, 6) is -1.46. The number of benzene rings is 2. The molecule has 3 aromatic rings. The van der Waals surface area contributed by atoms with Gasteiger partial charge < -0.3 is 20.5 Å². The van der Waals surface area contributed by atoms with E-state index < -0.39 is 46.7 Å². The van der Waals surface area contributed by atoms with Crippen molar-refractivity contribution in [2.75, 3.05) is 43.7 Å². The van der Waals surface area contributed by atoms with E-state index in [1.54, 1.807) is 18.2 Å². The molecule has 1 saturated heterocycles. The lowest BCUT2D eigenvalue weighted by Gasteiger charge is -2.27. The average Bonchev–Trinajstić information content (AvgIpc) is 3.41. The van der Waals surface area contributed by atoms with Crippen molar-refractivity contribution in [1.82, 2.24) is 4.98 Å². The molecule has 1 aliphatic rings. The average molecular weight is 624 g/mol. The van der Waals surface area contributed by atoms with Gasteiger partial charge in [0, 0.05) is 12.5 Å². The summed E-state index contributed by atoms with van der Waals surface area (Å²) in [5.41, 5.74) is 6.34. The summed E-state index contributed by atoms with van der Waals surface area (Å²) in [5, 5.41) is 10.4. The van der Waals surface area contributed by atoms with Crippen molar-refractivity contribution in [3.05, 3.63) is 88.6 Å². The van der Waals surface area contributed by atoms with Crippen LogP contribution in [0.15, 0.2) is 65.6 Å². The molecule has 3 atom stereocenters. The molecule has 1 amide bonds. The quantitative estimate of drug-likeness (QED) is 0.226. The normalized spacial score (nSPS) is 18.1. The Morgan fingerprint density at radius 2 is 1.79 bits per heavy atom. The van der Waals surface area contributed by atoms with Crippen molar-refractivity contribution in [2.45, 2.75) is 42.3 Å². The number of halogens is 4. The van der Waals surface area contributed by atoms with Gasteiger partial charge in [-0.1, -0.05) is 31.2 Å². The number of ether oxygens (including phenoxy) is 1. The third-order valence-corrected chi connectivity index (χ3v) is 9.41. The lowest BCUT2D eigenvalue weighted by molar-refractivity contribution is -0.137. The summed E-state index contributed by atoms with van der Waals surface area (Å²) in [7, 11) is -3.46. The first-order valence-corrected chi connectivity index (χ1v) is 15.4. The highest BCUT2D eigenvalue weighted by Crippen LogP contribution is 2.38. The van der Waals surface area contributed by atoms with Crippen molar-refractivity contribution in [3.8, 4) is 0 Å². The van der Waals surface area contributed by atoms with Crippen LogP contribution in [-0.2, 0) is 20.8 Å². The molecule has 1 unspecified atom stereocenters. The lowest BCUT2D eigenvalue weighted by Crippen LogP contribution is -2.34. The van der Waals surface area contributed by atoms with E-state index in [9.17, 15) is 35.9 Å². The predicted octanol–water partition coefficient (Wildman–Crippen LogP) is 4.47. The Bertz CT molecular complexity index is 1520. The Balaban J connectivity index is 1.70. The number of pyridine rings is 1. The van der Waals surface area contributed by atoms with Gasteiger partial charge in [0.2, 0.25) is 0 Å². The van der Waals surface area contributed by atoms with Gasteiger partial charge in [-0.05, 0) is 53.9 Å². The number of nitrogens with two attached hydrogens (primary N) is 1. The predicted molar refractivity (Wildman–Crippen MR) is 153 cm³/mol. The van der Waals surface area contributed by atoms with Crippen LogP contribution in [0.1, 0.15) is 57.9 Å². The van der Waals surface area contributed by atoms with E-state index in [1.165, 1.54) is 37.3 Å². The summed E-state index contributed by atoms with van der Waals surface area (Å²) >= 11 is 0. The summed E-state index contributed by atoms with van der Waals surface area (Å²) in [4.78, 5) is 19.1. The highest BCUT2D eigenvalue weighted by molar-refractivity contribution is 7.91. The molecule has 13 heteroatoms. The van der Waals surface area contributed by atoms with Crippen LogP contribution in [0.3, 0.4) is 0 Å². The summed E-state index contributed by atoms with van der Waals surface area (Å²) in [6.45, 7) is 0.752. The number of nitrogens with zero attached hydrogens (tertiary/aromatic N) is 2. The van der Waals surface area contributed by atoms with Crippen molar-refractivity contribution in [3.63, 3.8) is 0 Å². The zero-order chi connectivity index (χ0) is 31.4. The van der Waals surface area contributed by atoms with E-state index in [4.69, 9.17) is 15.5 Å². The fourth-order valence-electron chi connectivity index (χ4n) is 5.34. The van der Waals surface area contributed by atoms with E-state index in [-0.39, 0.29) is 47.1 Å². The van der Waals surface area contributed by atoms with Gasteiger partial charge >= 0.3 is 6.18 Å². The number of rotatable bonds is 12. The van der Waals surface area contributed by atoms with Gasteiger partial charge in [-0.3, -0.25) is 4.79 Å². The number of anilines is 1. The number of aliphatic hydroxyl groups excluding tert-OH is 1. The number of hydrogen-bond donors (Lipinski definition) is 2. The van der Waals surface area contributed by atoms with Crippen LogP contribution >= 0.6 is 0 Å². The van der Waals surface area contributed by atoms with Crippen molar-refractivity contribution in [1.29, 1.82) is 0 Å². The number of hydrogen-bond acceptors (Lipinski definition) is 7. The molecular weight excluding hydrogens is 590 g/mol. The van der Waals surface area contributed by atoms with E-state index in [2.05, 4.69) is 0 Å². The second-order valence-corrected chi connectivity index (χ2v) is 12.6. The molecule has 0 saturated carbocycles. The molecule has 4 rings (SSSR count). The molecule has 1 fully saturated rings. The molecule has 3 N–H and O–H groups in total. The molecule has 0 spiro atoms. The number of alkyl halides is 4. The number of carbonyl (C=O) groups is 1. The second kappa shape index (κ2) is 13.4. The lowest BCUT2D eigenvalue weighted by atomic mass is 9.92. The SMILES string of the molecule is CCS(=O)(=O)c1ccc([C@@H](CO)c2nc(N3CC(c4ccc(C(F)(F)F)cc4)C[C@H]3COCCF)ccc2C(N)=O)cc1. The molecule has 1 aromatic heterocycles. The van der Waals surface area contributed by atoms with Gasteiger partial charge in [0.1, 0.15) is 12.5 Å². The van der Waals surface area contributed by atoms with Crippen molar-refractivity contribution >= 4 is 21.6 Å². The molecule has 1 aliphatic heterocycles. The van der Waals surface area contributed by atoms with Gasteiger partial charge in [-0.2, -0.15) is 13.2 Å². The van der Waals surface area contributed by atoms with Gasteiger partial charge in [0.15, 0.2) is 9.84 Å². The molecule has 0 aliphatic carbocycles. The highest BCUT2D eigenvalue weighted by atomic mass is 32.2. The number of aromatic nitrogens is 1. The largest absolute Gasteiger partial charge is 0.416 e. The minimum Gasteiger partial charge on any atom is -0.395 e. The Morgan fingerprint density at radius 1 is 1.12 bits per heavy atom. The standard InChI is InChI=1S/C30H33F4N3O5S/c1-2-43(40,41)24-9-5-20(6-10-24)26(17-38)28-25(29(35)39)11-12-27(36-28)37-16-21(15-23(37)18-42-14-13-31)19-3-7-22(8-4-19)30(32,33)34/h3-12,21,23,26,38H,2,13-18H2,1H3,(H2,35,39)/t21?,23-,26+/m0/s1. The fraction of sp³-hybridized carbons (Fsp3) is 0.400. The van der Waals surface area contributed by atoms with Gasteiger partial charge in [0.05, 0.1) is 59.2 Å². The Kier molecular flexibility index (Phi) is 10.1. The topological polar surface area (TPSA) is 123 Å². The molecule has 2 aromatic carbocycles. The van der Waals surface area contributed by atoms with Crippen LogP contribution in [0.2, 0.25) is 0 Å². The molecule has 2 heterocycles. The van der Waals surface area contributed by atoms with Crippen LogP contribution in [0.5, 0.6) is 0 Å². The molecule has 8 nitrogen and oxygen atoms in total. The molecule has 0 radical (unpaired) electrons. The zero-order valence-electron chi connectivity index (χ0n) is 23.4. The van der Waals surface area contributed by atoms with Crippen LogP contribution in [-0.4, -0.2) is 69.3 Å². The number of amides is 1. The maximum absolute atomic E-state index is 13.1. The maximum Gasteiger partial charge on any atom is 0.416 e. The maximum atomic E-state index is 13.1. The summed E-state index contributed by atoms with van der Waals surface area (Å²) in [6.07, 6.45) is -3.97. The van der Waals surface area contributed by atoms with Crippen molar-refractivity contribution in [2.24, 2.45) is 5.73 Å². The molecule has 43 heavy (non-hydrogen) atoms. The monoisotopic (exact) mass is 623 g/mol. The third-order valence-electron chi connectivity index (χ3n) is 7.66. The second-order valence-electron chi connectivity index (χ2n) is 10.3. The van der Waals surface area contributed by atoms with E-state index in [0.717, 1.165) is 12.1 Å². The Hall–Kier alpha value is -3.55. The minimum atomic E-state index is -4.46. The van der Waals surface area contributed by atoms with Crippen molar-refractivity contribution < 1.29 is 40.6 Å². The Labute approximate surface area is 247 Å². The number of sulfone groups is 1. The first kappa shape index (κ1) is 32.4. The third kappa shape index (κ3) is 7.34. The van der Waals surface area contributed by atoms with Crippen LogP contribution in [0.4, 0.5) is 23.4 Å². The highest BCUT2D eigenvalue weighted by Gasteiger charge is 2.36. The number of primary amides is 1.